The van der Waals surface area contributed by atoms with E-state index in [4.69, 9.17) is 0 Å². The molecule has 0 aliphatic heterocycles. The Morgan fingerprint density at radius 3 is 2.14 bits per heavy atom. The van der Waals surface area contributed by atoms with Crippen LogP contribution in [0.3, 0.4) is 0 Å². The third-order valence-electron chi connectivity index (χ3n) is 4.59. The number of hydrogen-bond donors (Lipinski definition) is 1. The van der Waals surface area contributed by atoms with Crippen molar-refractivity contribution in [2.24, 2.45) is 0 Å². The van der Waals surface area contributed by atoms with Gasteiger partial charge in [0.05, 0.1) is 0 Å². The minimum Gasteiger partial charge on any atom is -0.508 e. The summed E-state index contributed by atoms with van der Waals surface area (Å²) in [6.07, 6.45) is 0. The number of phenols is 1. The van der Waals surface area contributed by atoms with Crippen LogP contribution in [-0.4, -0.2) is 23.1 Å². The molecule has 0 heterocycles. The van der Waals surface area contributed by atoms with Crippen molar-refractivity contribution in [2.75, 3.05) is 13.1 Å². The molecule has 0 saturated heterocycles. The van der Waals surface area contributed by atoms with E-state index in [9.17, 15) is 5.11 Å². The van der Waals surface area contributed by atoms with Gasteiger partial charge in [0.2, 0.25) is 0 Å². The Kier molecular flexibility index (Phi) is 5.25. The van der Waals surface area contributed by atoms with Crippen LogP contribution in [0.15, 0.2) is 48.5 Å². The van der Waals surface area contributed by atoms with Gasteiger partial charge in [0.1, 0.15) is 5.75 Å². The maximum Gasteiger partial charge on any atom is 0.120 e. The Labute approximate surface area is 134 Å². The molecule has 0 amide bonds. The van der Waals surface area contributed by atoms with Gasteiger partial charge in [-0.2, -0.15) is 0 Å². The van der Waals surface area contributed by atoms with Gasteiger partial charge in [0.25, 0.3) is 0 Å². The summed E-state index contributed by atoms with van der Waals surface area (Å²) < 4.78 is 0. The summed E-state index contributed by atoms with van der Waals surface area (Å²) in [5, 5.41) is 10.2. The van der Waals surface area contributed by atoms with Gasteiger partial charge in [0, 0.05) is 17.5 Å². The highest BCUT2D eigenvalue weighted by atomic mass is 16.3. The van der Waals surface area contributed by atoms with Crippen LogP contribution in [0.2, 0.25) is 0 Å². The van der Waals surface area contributed by atoms with Crippen molar-refractivity contribution >= 4 is 0 Å². The third-order valence-corrected chi connectivity index (χ3v) is 4.59. The van der Waals surface area contributed by atoms with Crippen molar-refractivity contribution < 1.29 is 5.11 Å². The Morgan fingerprint density at radius 2 is 1.55 bits per heavy atom. The molecule has 2 aromatic rings. The van der Waals surface area contributed by atoms with E-state index in [2.05, 4.69) is 62.9 Å². The summed E-state index contributed by atoms with van der Waals surface area (Å²) in [4.78, 5) is 2.31. The average Bonchev–Trinajstić information content (AvgIpc) is 2.54. The van der Waals surface area contributed by atoms with Crippen LogP contribution in [0.25, 0.3) is 0 Å². The van der Waals surface area contributed by atoms with E-state index in [0.29, 0.717) is 5.75 Å². The predicted octanol–water partition coefficient (Wildman–Crippen LogP) is 4.56. The second kappa shape index (κ2) is 6.97. The van der Waals surface area contributed by atoms with E-state index in [0.717, 1.165) is 25.2 Å². The van der Waals surface area contributed by atoms with Gasteiger partial charge in [-0.1, -0.05) is 64.1 Å². The molecule has 0 aliphatic rings. The molecule has 2 rings (SSSR count). The zero-order chi connectivity index (χ0) is 16.2. The second-order valence-electron chi connectivity index (χ2n) is 6.30. The number of benzene rings is 2. The number of phenolic OH excluding ortho intramolecular Hbond substituents is 1. The topological polar surface area (TPSA) is 23.5 Å². The summed E-state index contributed by atoms with van der Waals surface area (Å²) in [7, 11) is 0. The largest absolute Gasteiger partial charge is 0.508 e. The summed E-state index contributed by atoms with van der Waals surface area (Å²) in [6.45, 7) is 11.5. The lowest BCUT2D eigenvalue weighted by Crippen LogP contribution is -2.23. The van der Waals surface area contributed by atoms with Gasteiger partial charge in [-0.05, 0) is 36.3 Å². The maximum atomic E-state index is 10.2. The van der Waals surface area contributed by atoms with Crippen molar-refractivity contribution in [2.45, 2.75) is 39.7 Å². The number of rotatable bonds is 6. The highest BCUT2D eigenvalue weighted by molar-refractivity contribution is 5.43. The molecular formula is C20H27NO. The SMILES string of the molecule is CCN(CC)Cc1cc(C(C)(C)c2ccccc2)ccc1O. The van der Waals surface area contributed by atoms with Crippen LogP contribution in [0.1, 0.15) is 44.4 Å². The molecule has 0 spiro atoms. The average molecular weight is 297 g/mol. The molecule has 0 radical (unpaired) electrons. The molecule has 1 N–H and O–H groups in total. The molecule has 22 heavy (non-hydrogen) atoms. The monoisotopic (exact) mass is 297 g/mol. The van der Waals surface area contributed by atoms with Gasteiger partial charge in [-0.15, -0.1) is 0 Å². The van der Waals surface area contributed by atoms with E-state index < -0.39 is 0 Å². The minimum atomic E-state index is -0.0764. The Morgan fingerprint density at radius 1 is 0.909 bits per heavy atom. The van der Waals surface area contributed by atoms with Crippen LogP contribution in [-0.2, 0) is 12.0 Å². The van der Waals surface area contributed by atoms with E-state index >= 15 is 0 Å². The zero-order valence-corrected chi connectivity index (χ0v) is 14.1. The molecule has 0 unspecified atom stereocenters. The number of aromatic hydroxyl groups is 1. The molecule has 2 aromatic carbocycles. The highest BCUT2D eigenvalue weighted by Gasteiger charge is 2.23. The Balaban J connectivity index is 2.36. The quantitative estimate of drug-likeness (QED) is 0.845. The van der Waals surface area contributed by atoms with Crippen molar-refractivity contribution in [1.82, 2.24) is 4.90 Å². The van der Waals surface area contributed by atoms with Crippen LogP contribution < -0.4 is 0 Å². The van der Waals surface area contributed by atoms with E-state index in [1.54, 1.807) is 0 Å². The summed E-state index contributed by atoms with van der Waals surface area (Å²) in [5.74, 6) is 0.388. The molecule has 2 heteroatoms. The van der Waals surface area contributed by atoms with Crippen molar-refractivity contribution in [1.29, 1.82) is 0 Å². The molecule has 0 saturated carbocycles. The summed E-state index contributed by atoms with van der Waals surface area (Å²) >= 11 is 0. The van der Waals surface area contributed by atoms with Crippen LogP contribution in [0, 0.1) is 0 Å². The van der Waals surface area contributed by atoms with E-state index in [1.807, 2.05) is 18.2 Å². The standard InChI is InChI=1S/C20H27NO/c1-5-21(6-2)15-16-14-18(12-13-19(16)22)20(3,4)17-10-8-7-9-11-17/h7-14,22H,5-6,15H2,1-4H3. The lowest BCUT2D eigenvalue weighted by Gasteiger charge is -2.27. The maximum absolute atomic E-state index is 10.2. The lowest BCUT2D eigenvalue weighted by atomic mass is 9.77. The minimum absolute atomic E-state index is 0.0764. The van der Waals surface area contributed by atoms with Gasteiger partial charge >= 0.3 is 0 Å². The van der Waals surface area contributed by atoms with Crippen molar-refractivity contribution in [3.05, 3.63) is 65.2 Å². The summed E-state index contributed by atoms with van der Waals surface area (Å²) in [6, 6.07) is 16.5. The number of hydrogen-bond acceptors (Lipinski definition) is 2. The first-order valence-corrected chi connectivity index (χ1v) is 8.09. The predicted molar refractivity (Wildman–Crippen MR) is 93.3 cm³/mol. The summed E-state index contributed by atoms with van der Waals surface area (Å²) in [5.41, 5.74) is 3.45. The number of nitrogens with zero attached hydrogens (tertiary/aromatic N) is 1. The molecule has 2 nitrogen and oxygen atoms in total. The fraction of sp³-hybridized carbons (Fsp3) is 0.400. The van der Waals surface area contributed by atoms with Crippen LogP contribution in [0.4, 0.5) is 0 Å². The van der Waals surface area contributed by atoms with Gasteiger partial charge in [-0.25, -0.2) is 0 Å². The third kappa shape index (κ3) is 3.50. The first-order chi connectivity index (χ1) is 10.5. The first kappa shape index (κ1) is 16.6. The normalized spacial score (nSPS) is 11.9. The first-order valence-electron chi connectivity index (χ1n) is 8.09. The molecule has 118 valence electrons. The van der Waals surface area contributed by atoms with Crippen molar-refractivity contribution in [3.8, 4) is 5.75 Å². The molecule has 0 bridgehead atoms. The van der Waals surface area contributed by atoms with E-state index in [-0.39, 0.29) is 5.41 Å². The zero-order valence-electron chi connectivity index (χ0n) is 14.1. The Bertz CT molecular complexity index is 600. The molecule has 0 fully saturated rings. The van der Waals surface area contributed by atoms with Gasteiger partial charge in [0.15, 0.2) is 0 Å². The molecular weight excluding hydrogens is 270 g/mol. The fourth-order valence-electron chi connectivity index (χ4n) is 2.81. The molecule has 0 aliphatic carbocycles. The lowest BCUT2D eigenvalue weighted by molar-refractivity contribution is 0.290. The van der Waals surface area contributed by atoms with Crippen LogP contribution >= 0.6 is 0 Å². The second-order valence-corrected chi connectivity index (χ2v) is 6.30. The molecule has 0 atom stereocenters. The van der Waals surface area contributed by atoms with Crippen LogP contribution in [0.5, 0.6) is 5.75 Å². The van der Waals surface area contributed by atoms with Gasteiger partial charge < -0.3 is 5.11 Å². The van der Waals surface area contributed by atoms with E-state index in [1.165, 1.54) is 11.1 Å². The molecule has 0 aromatic heterocycles. The smallest absolute Gasteiger partial charge is 0.120 e. The highest BCUT2D eigenvalue weighted by Crippen LogP contribution is 2.34. The van der Waals surface area contributed by atoms with Gasteiger partial charge in [-0.3, -0.25) is 4.90 Å². The fourth-order valence-corrected chi connectivity index (χ4v) is 2.81. The Hall–Kier alpha value is -1.80. The van der Waals surface area contributed by atoms with Crippen molar-refractivity contribution in [3.63, 3.8) is 0 Å².